The van der Waals surface area contributed by atoms with Gasteiger partial charge in [-0.2, -0.15) is 0 Å². The SMILES string of the molecule is COCCOc1ccc(Br)cc1C(=O)NC(=S)Nc1ccc(NC(=O)c2ccccc2)cc1. The number of thiocarbonyl (C=S) groups is 1. The van der Waals surface area contributed by atoms with Crippen molar-refractivity contribution in [3.8, 4) is 5.75 Å². The quantitative estimate of drug-likeness (QED) is 0.286. The maximum atomic E-state index is 12.7. The minimum absolute atomic E-state index is 0.129. The second kappa shape index (κ2) is 12.1. The van der Waals surface area contributed by atoms with Gasteiger partial charge in [0.15, 0.2) is 5.11 Å². The molecule has 3 N–H and O–H groups in total. The number of nitrogens with one attached hydrogen (secondary N) is 3. The van der Waals surface area contributed by atoms with Gasteiger partial charge in [0.2, 0.25) is 0 Å². The summed E-state index contributed by atoms with van der Waals surface area (Å²) in [5.74, 6) is -0.182. The van der Waals surface area contributed by atoms with E-state index in [1.165, 1.54) is 0 Å². The molecule has 0 aliphatic carbocycles. The Hall–Kier alpha value is -3.27. The van der Waals surface area contributed by atoms with Crippen molar-refractivity contribution in [3.63, 3.8) is 0 Å². The van der Waals surface area contributed by atoms with Gasteiger partial charge >= 0.3 is 0 Å². The van der Waals surface area contributed by atoms with Gasteiger partial charge in [-0.25, -0.2) is 0 Å². The molecule has 0 aromatic heterocycles. The molecule has 3 aromatic rings. The monoisotopic (exact) mass is 527 g/mol. The van der Waals surface area contributed by atoms with Crippen LogP contribution in [0.15, 0.2) is 77.3 Å². The molecule has 0 fully saturated rings. The summed E-state index contributed by atoms with van der Waals surface area (Å²) in [6, 6.07) is 21.1. The molecule has 3 aromatic carbocycles. The number of carbonyl (C=O) groups excluding carboxylic acids is 2. The Bertz CT molecular complexity index is 1120. The fourth-order valence-electron chi connectivity index (χ4n) is 2.80. The predicted molar refractivity (Wildman–Crippen MR) is 136 cm³/mol. The molecular formula is C24H22BrN3O4S. The molecule has 0 saturated heterocycles. The highest BCUT2D eigenvalue weighted by atomic mass is 79.9. The van der Waals surface area contributed by atoms with Crippen LogP contribution in [0, 0.1) is 0 Å². The molecular weight excluding hydrogens is 506 g/mol. The highest BCUT2D eigenvalue weighted by Crippen LogP contribution is 2.23. The van der Waals surface area contributed by atoms with E-state index in [9.17, 15) is 9.59 Å². The lowest BCUT2D eigenvalue weighted by Crippen LogP contribution is -2.34. The molecule has 33 heavy (non-hydrogen) atoms. The minimum Gasteiger partial charge on any atom is -0.490 e. The Morgan fingerprint density at radius 1 is 0.879 bits per heavy atom. The molecule has 0 spiro atoms. The Morgan fingerprint density at radius 2 is 1.55 bits per heavy atom. The largest absolute Gasteiger partial charge is 0.490 e. The number of carbonyl (C=O) groups is 2. The Balaban J connectivity index is 1.58. The number of ether oxygens (including phenoxy) is 2. The second-order valence-electron chi connectivity index (χ2n) is 6.79. The molecule has 0 radical (unpaired) electrons. The summed E-state index contributed by atoms with van der Waals surface area (Å²) in [5.41, 5.74) is 2.20. The number of hydrogen-bond donors (Lipinski definition) is 3. The third kappa shape index (κ3) is 7.38. The van der Waals surface area contributed by atoms with Gasteiger partial charge in [0.05, 0.1) is 12.2 Å². The van der Waals surface area contributed by atoms with Crippen LogP contribution >= 0.6 is 28.1 Å². The molecule has 2 amide bonds. The maximum absolute atomic E-state index is 12.7. The van der Waals surface area contributed by atoms with Gasteiger partial charge in [-0.3, -0.25) is 14.9 Å². The van der Waals surface area contributed by atoms with Gasteiger partial charge in [-0.15, -0.1) is 0 Å². The van der Waals surface area contributed by atoms with E-state index in [2.05, 4.69) is 31.9 Å². The lowest BCUT2D eigenvalue weighted by atomic mass is 10.2. The number of benzene rings is 3. The van der Waals surface area contributed by atoms with E-state index < -0.39 is 5.91 Å². The number of halogens is 1. The molecule has 0 aliphatic rings. The maximum Gasteiger partial charge on any atom is 0.261 e. The van der Waals surface area contributed by atoms with Crippen LogP contribution in [-0.2, 0) is 4.74 Å². The fourth-order valence-corrected chi connectivity index (χ4v) is 3.37. The van der Waals surface area contributed by atoms with E-state index in [-0.39, 0.29) is 11.0 Å². The Labute approximate surface area is 205 Å². The number of methoxy groups -OCH3 is 1. The first-order chi connectivity index (χ1) is 16.0. The fraction of sp³-hybridized carbons (Fsp3) is 0.125. The van der Waals surface area contributed by atoms with Crippen molar-refractivity contribution in [2.45, 2.75) is 0 Å². The van der Waals surface area contributed by atoms with Crippen LogP contribution in [0.4, 0.5) is 11.4 Å². The Kier molecular flexibility index (Phi) is 8.94. The molecule has 3 rings (SSSR count). The number of amides is 2. The highest BCUT2D eigenvalue weighted by Gasteiger charge is 2.15. The van der Waals surface area contributed by atoms with Crippen molar-refractivity contribution in [2.24, 2.45) is 0 Å². The summed E-state index contributed by atoms with van der Waals surface area (Å²) in [6.07, 6.45) is 0. The summed E-state index contributed by atoms with van der Waals surface area (Å²) >= 11 is 8.64. The molecule has 0 aliphatic heterocycles. The van der Waals surface area contributed by atoms with E-state index in [0.29, 0.717) is 41.5 Å². The first kappa shape index (κ1) is 24.4. The summed E-state index contributed by atoms with van der Waals surface area (Å²) in [6.45, 7) is 0.715. The van der Waals surface area contributed by atoms with Gasteiger partial charge in [-0.05, 0) is 66.8 Å². The first-order valence-corrected chi connectivity index (χ1v) is 11.2. The van der Waals surface area contributed by atoms with Crippen LogP contribution in [-0.4, -0.2) is 37.3 Å². The van der Waals surface area contributed by atoms with E-state index in [1.54, 1.807) is 73.8 Å². The summed E-state index contributed by atoms with van der Waals surface area (Å²) < 4.78 is 11.3. The smallest absolute Gasteiger partial charge is 0.261 e. The van der Waals surface area contributed by atoms with Crippen LogP contribution in [0.3, 0.4) is 0 Å². The summed E-state index contributed by atoms with van der Waals surface area (Å²) in [4.78, 5) is 25.0. The zero-order chi connectivity index (χ0) is 23.6. The van der Waals surface area contributed by atoms with E-state index in [0.717, 1.165) is 4.47 Å². The average Bonchev–Trinajstić information content (AvgIpc) is 2.82. The zero-order valence-electron chi connectivity index (χ0n) is 17.8. The zero-order valence-corrected chi connectivity index (χ0v) is 20.2. The van der Waals surface area contributed by atoms with Crippen LogP contribution < -0.4 is 20.7 Å². The van der Waals surface area contributed by atoms with Gasteiger partial charge in [-0.1, -0.05) is 34.1 Å². The summed E-state index contributed by atoms with van der Waals surface area (Å²) in [7, 11) is 1.58. The standard InChI is InChI=1S/C24H22BrN3O4S/c1-31-13-14-32-21-12-7-17(25)15-20(21)23(30)28-24(33)27-19-10-8-18(9-11-19)26-22(29)16-5-3-2-4-6-16/h2-12,15H,13-14H2,1H3,(H,26,29)(H2,27,28,30,33). The van der Waals surface area contributed by atoms with Gasteiger partial charge < -0.3 is 20.1 Å². The lowest BCUT2D eigenvalue weighted by molar-refractivity contribution is 0.0968. The van der Waals surface area contributed by atoms with Crippen LogP contribution in [0.1, 0.15) is 20.7 Å². The molecule has 0 heterocycles. The lowest BCUT2D eigenvalue weighted by Gasteiger charge is -2.14. The molecule has 0 unspecified atom stereocenters. The summed E-state index contributed by atoms with van der Waals surface area (Å²) in [5, 5.41) is 8.56. The van der Waals surface area contributed by atoms with Crippen molar-refractivity contribution < 1.29 is 19.1 Å². The average molecular weight is 528 g/mol. The molecule has 0 atom stereocenters. The molecule has 7 nitrogen and oxygen atoms in total. The van der Waals surface area contributed by atoms with Crippen LogP contribution in [0.2, 0.25) is 0 Å². The van der Waals surface area contributed by atoms with Gasteiger partial charge in [0, 0.05) is 28.5 Å². The van der Waals surface area contributed by atoms with Crippen LogP contribution in [0.5, 0.6) is 5.75 Å². The van der Waals surface area contributed by atoms with E-state index in [1.807, 2.05) is 6.07 Å². The van der Waals surface area contributed by atoms with E-state index >= 15 is 0 Å². The second-order valence-corrected chi connectivity index (χ2v) is 8.11. The predicted octanol–water partition coefficient (Wildman–Crippen LogP) is 4.85. The number of rotatable bonds is 8. The van der Waals surface area contributed by atoms with Crippen molar-refractivity contribution >= 4 is 56.4 Å². The van der Waals surface area contributed by atoms with Gasteiger partial charge in [0.1, 0.15) is 12.4 Å². The normalized spacial score (nSPS) is 10.2. The molecule has 9 heteroatoms. The van der Waals surface area contributed by atoms with Crippen LogP contribution in [0.25, 0.3) is 0 Å². The number of hydrogen-bond acceptors (Lipinski definition) is 5. The first-order valence-electron chi connectivity index (χ1n) is 9.96. The van der Waals surface area contributed by atoms with Crippen molar-refractivity contribution in [1.29, 1.82) is 0 Å². The van der Waals surface area contributed by atoms with Crippen molar-refractivity contribution in [3.05, 3.63) is 88.4 Å². The topological polar surface area (TPSA) is 88.7 Å². The molecule has 0 bridgehead atoms. The highest BCUT2D eigenvalue weighted by molar-refractivity contribution is 9.10. The number of anilines is 2. The molecule has 0 saturated carbocycles. The minimum atomic E-state index is -0.409. The Morgan fingerprint density at radius 3 is 2.21 bits per heavy atom. The van der Waals surface area contributed by atoms with Crippen molar-refractivity contribution in [1.82, 2.24) is 5.32 Å². The third-order valence-electron chi connectivity index (χ3n) is 4.39. The van der Waals surface area contributed by atoms with Crippen molar-refractivity contribution in [2.75, 3.05) is 31.0 Å². The van der Waals surface area contributed by atoms with E-state index in [4.69, 9.17) is 21.7 Å². The molecule has 170 valence electrons. The van der Waals surface area contributed by atoms with Gasteiger partial charge in [0.25, 0.3) is 11.8 Å². The third-order valence-corrected chi connectivity index (χ3v) is 5.09.